The quantitative estimate of drug-likeness (QED) is 0.492. The minimum Gasteiger partial charge on any atom is -0.454 e. The van der Waals surface area contributed by atoms with Crippen LogP contribution < -0.4 is 26.3 Å². The summed E-state index contributed by atoms with van der Waals surface area (Å²) in [5, 5.41) is 4.37. The molecular weight excluding hydrogens is 400 g/mol. The van der Waals surface area contributed by atoms with Gasteiger partial charge in [-0.2, -0.15) is 0 Å². The molecule has 3 aromatic rings. The molecule has 30 heavy (non-hydrogen) atoms. The number of benzene rings is 1. The third-order valence-corrected chi connectivity index (χ3v) is 5.90. The minimum atomic E-state index is 0.228. The Labute approximate surface area is 180 Å². The Morgan fingerprint density at radius 3 is 2.73 bits per heavy atom. The molecule has 160 valence electrons. The predicted molar refractivity (Wildman–Crippen MR) is 119 cm³/mol. The molecule has 0 radical (unpaired) electrons. The van der Waals surface area contributed by atoms with Gasteiger partial charge in [-0.05, 0) is 29.2 Å². The summed E-state index contributed by atoms with van der Waals surface area (Å²) < 4.78 is 13.2. The predicted octanol–water partition coefficient (Wildman–Crippen LogP) is 2.99. The van der Waals surface area contributed by atoms with Crippen LogP contribution >= 0.6 is 11.8 Å². The fraction of sp³-hybridized carbons (Fsp3) is 0.429. The number of nitrogens with two attached hydrogens (primary N) is 2. The largest absolute Gasteiger partial charge is 0.454 e. The topological polar surface area (TPSA) is 113 Å². The molecule has 4 rings (SSSR count). The van der Waals surface area contributed by atoms with Crippen LogP contribution in [0.4, 0.5) is 5.82 Å². The van der Waals surface area contributed by atoms with Crippen LogP contribution in [0.15, 0.2) is 34.4 Å². The fourth-order valence-electron chi connectivity index (χ4n) is 3.32. The molecule has 0 unspecified atom stereocenters. The number of nitrogen functional groups attached to an aromatic ring is 1. The highest BCUT2D eigenvalue weighted by Crippen LogP contribution is 2.41. The van der Waals surface area contributed by atoms with Gasteiger partial charge in [-0.25, -0.2) is 9.97 Å². The van der Waals surface area contributed by atoms with Crippen molar-refractivity contribution < 1.29 is 9.47 Å². The second-order valence-electron chi connectivity index (χ2n) is 8.47. The van der Waals surface area contributed by atoms with Gasteiger partial charge in [-0.1, -0.05) is 32.5 Å². The first kappa shape index (κ1) is 20.8. The van der Waals surface area contributed by atoms with Gasteiger partial charge in [0.25, 0.3) is 0 Å². The number of hydrogen-bond acceptors (Lipinski definition) is 8. The third kappa shape index (κ3) is 4.33. The van der Waals surface area contributed by atoms with Crippen molar-refractivity contribution in [3.8, 4) is 11.5 Å². The molecule has 2 aromatic heterocycles. The average Bonchev–Trinajstić information content (AvgIpc) is 3.29. The van der Waals surface area contributed by atoms with E-state index in [2.05, 4.69) is 35.6 Å². The molecule has 0 bridgehead atoms. The van der Waals surface area contributed by atoms with Crippen LogP contribution in [0.5, 0.6) is 11.5 Å². The van der Waals surface area contributed by atoms with Gasteiger partial charge in [0.1, 0.15) is 5.52 Å². The Balaban J connectivity index is 1.66. The van der Waals surface area contributed by atoms with E-state index in [4.69, 9.17) is 25.9 Å². The van der Waals surface area contributed by atoms with E-state index in [9.17, 15) is 0 Å². The van der Waals surface area contributed by atoms with Crippen molar-refractivity contribution in [2.45, 2.75) is 43.9 Å². The van der Waals surface area contributed by atoms with Gasteiger partial charge < -0.3 is 30.8 Å². The van der Waals surface area contributed by atoms with Gasteiger partial charge >= 0.3 is 0 Å². The molecule has 0 atom stereocenters. The molecule has 8 nitrogen and oxygen atoms in total. The number of rotatable bonds is 7. The van der Waals surface area contributed by atoms with Crippen molar-refractivity contribution in [1.29, 1.82) is 0 Å². The molecule has 3 heterocycles. The zero-order valence-corrected chi connectivity index (χ0v) is 18.4. The van der Waals surface area contributed by atoms with Gasteiger partial charge in [-0.15, -0.1) is 0 Å². The molecule has 9 heteroatoms. The van der Waals surface area contributed by atoms with Gasteiger partial charge in [0.2, 0.25) is 6.79 Å². The summed E-state index contributed by atoms with van der Waals surface area (Å²) in [6.45, 7) is 9.80. The van der Waals surface area contributed by atoms with Crippen molar-refractivity contribution in [3.05, 3.63) is 30.0 Å². The van der Waals surface area contributed by atoms with Crippen molar-refractivity contribution in [2.24, 2.45) is 11.1 Å². The summed E-state index contributed by atoms with van der Waals surface area (Å²) in [6, 6.07) is 5.87. The maximum atomic E-state index is 6.11. The Morgan fingerprint density at radius 2 is 2.00 bits per heavy atom. The van der Waals surface area contributed by atoms with E-state index < -0.39 is 0 Å². The van der Waals surface area contributed by atoms with Crippen LogP contribution in [0, 0.1) is 5.41 Å². The number of hydrogen-bond donors (Lipinski definition) is 3. The number of ether oxygens (including phenoxy) is 2. The molecule has 0 amide bonds. The second-order valence-corrected chi connectivity index (χ2v) is 9.48. The Kier molecular flexibility index (Phi) is 5.77. The fourth-order valence-corrected chi connectivity index (χ4v) is 4.39. The average molecular weight is 429 g/mol. The number of imidazole rings is 1. The van der Waals surface area contributed by atoms with Crippen molar-refractivity contribution >= 4 is 28.6 Å². The summed E-state index contributed by atoms with van der Waals surface area (Å²) in [7, 11) is 0. The first-order chi connectivity index (χ1) is 14.4. The van der Waals surface area contributed by atoms with Crippen molar-refractivity contribution in [3.63, 3.8) is 0 Å². The van der Waals surface area contributed by atoms with Crippen LogP contribution in [0.3, 0.4) is 0 Å². The van der Waals surface area contributed by atoms with Gasteiger partial charge in [0.15, 0.2) is 22.5 Å². The zero-order chi connectivity index (χ0) is 21.3. The molecule has 0 spiro atoms. The first-order valence-corrected chi connectivity index (χ1v) is 10.8. The van der Waals surface area contributed by atoms with E-state index in [0.717, 1.165) is 52.3 Å². The highest BCUT2D eigenvalue weighted by molar-refractivity contribution is 7.99. The molecule has 0 fully saturated rings. The van der Waals surface area contributed by atoms with E-state index in [1.807, 2.05) is 18.2 Å². The monoisotopic (exact) mass is 428 g/mol. The molecule has 0 aliphatic carbocycles. The Bertz CT molecular complexity index is 1060. The minimum absolute atomic E-state index is 0.228. The number of nitrogens with zero attached hydrogens (tertiary/aromatic N) is 3. The highest BCUT2D eigenvalue weighted by Gasteiger charge is 2.20. The maximum Gasteiger partial charge on any atom is 0.231 e. The van der Waals surface area contributed by atoms with E-state index in [-0.39, 0.29) is 12.2 Å². The van der Waals surface area contributed by atoms with Crippen LogP contribution in [0.1, 0.15) is 26.3 Å². The van der Waals surface area contributed by atoms with Gasteiger partial charge in [-0.3, -0.25) is 0 Å². The lowest BCUT2D eigenvalue weighted by molar-refractivity contribution is 0.174. The SMILES string of the molecule is CC(C)(C)CNCCn1c(Sc2cc3c(cc2CN)OCO3)nc2c(N)nccc21. The number of nitrogens with one attached hydrogen (secondary N) is 1. The molecule has 1 aliphatic heterocycles. The number of pyridine rings is 1. The van der Waals surface area contributed by atoms with Crippen molar-refractivity contribution in [1.82, 2.24) is 19.9 Å². The molecule has 1 aromatic carbocycles. The molecular formula is C21H28N6O2S. The van der Waals surface area contributed by atoms with Crippen molar-refractivity contribution in [2.75, 3.05) is 25.6 Å². The standard InChI is InChI=1S/C21H28N6O2S/c1-21(2,3)11-24-6-7-27-14-4-5-25-19(23)18(14)26-20(27)30-17-9-16-15(28-12-29-16)8-13(17)10-22/h4-5,8-9,24H,6-7,10-12,22H2,1-3H3,(H2,23,25). The number of fused-ring (bicyclic) bond motifs is 2. The number of anilines is 1. The zero-order valence-electron chi connectivity index (χ0n) is 17.6. The third-order valence-electron chi connectivity index (χ3n) is 4.80. The van der Waals surface area contributed by atoms with E-state index in [0.29, 0.717) is 17.9 Å². The lowest BCUT2D eigenvalue weighted by Crippen LogP contribution is -2.29. The van der Waals surface area contributed by atoms with E-state index in [1.165, 1.54) is 0 Å². The van der Waals surface area contributed by atoms with Crippen LogP contribution in [-0.4, -0.2) is 34.4 Å². The van der Waals surface area contributed by atoms with E-state index >= 15 is 0 Å². The summed E-state index contributed by atoms with van der Waals surface area (Å²) in [6.07, 6.45) is 1.72. The second kappa shape index (κ2) is 8.33. The Morgan fingerprint density at radius 1 is 1.23 bits per heavy atom. The van der Waals surface area contributed by atoms with Crippen LogP contribution in [-0.2, 0) is 13.1 Å². The smallest absolute Gasteiger partial charge is 0.231 e. The maximum absolute atomic E-state index is 6.11. The lowest BCUT2D eigenvalue weighted by Gasteiger charge is -2.19. The first-order valence-electron chi connectivity index (χ1n) is 9.97. The molecule has 0 saturated carbocycles. The lowest BCUT2D eigenvalue weighted by atomic mass is 9.97. The molecule has 5 N–H and O–H groups in total. The summed E-state index contributed by atoms with van der Waals surface area (Å²) in [5.41, 5.74) is 15.0. The summed E-state index contributed by atoms with van der Waals surface area (Å²) in [4.78, 5) is 9.99. The Hall–Kier alpha value is -2.49. The summed E-state index contributed by atoms with van der Waals surface area (Å²) in [5.74, 6) is 1.89. The normalized spacial score (nSPS) is 13.3. The molecule has 0 saturated heterocycles. The van der Waals surface area contributed by atoms with Gasteiger partial charge in [0.05, 0.1) is 5.52 Å². The molecule has 1 aliphatic rings. The van der Waals surface area contributed by atoms with Crippen LogP contribution in [0.25, 0.3) is 11.0 Å². The van der Waals surface area contributed by atoms with Gasteiger partial charge in [0, 0.05) is 37.3 Å². The highest BCUT2D eigenvalue weighted by atomic mass is 32.2. The van der Waals surface area contributed by atoms with E-state index in [1.54, 1.807) is 18.0 Å². The van der Waals surface area contributed by atoms with Crippen LogP contribution in [0.2, 0.25) is 0 Å². The summed E-state index contributed by atoms with van der Waals surface area (Å²) >= 11 is 1.55. The number of aromatic nitrogens is 3.